The van der Waals surface area contributed by atoms with Crippen LogP contribution in [0.1, 0.15) is 31.2 Å². The number of hydrogen-bond donors (Lipinski definition) is 2. The molecule has 1 atom stereocenters. The summed E-state index contributed by atoms with van der Waals surface area (Å²) in [7, 11) is 0. The van der Waals surface area contributed by atoms with Gasteiger partial charge in [-0.25, -0.2) is 0 Å². The van der Waals surface area contributed by atoms with Crippen LogP contribution in [0.5, 0.6) is 5.75 Å². The maximum Gasteiger partial charge on any atom is 0.167 e. The van der Waals surface area contributed by atoms with Crippen molar-refractivity contribution in [3.63, 3.8) is 0 Å². The summed E-state index contributed by atoms with van der Waals surface area (Å²) in [6.07, 6.45) is 1.04. The van der Waals surface area contributed by atoms with Crippen molar-refractivity contribution in [2.75, 3.05) is 5.32 Å². The molecule has 120 valence electrons. The minimum atomic E-state index is -0.0423. The van der Waals surface area contributed by atoms with Gasteiger partial charge in [-0.15, -0.1) is 0 Å². The van der Waals surface area contributed by atoms with Gasteiger partial charge in [-0.05, 0) is 37.1 Å². The van der Waals surface area contributed by atoms with Gasteiger partial charge in [0.2, 0.25) is 0 Å². The first-order chi connectivity index (χ1) is 11.6. The number of allylic oxidation sites excluding steroid dienone is 2. The first kappa shape index (κ1) is 14.7. The first-order valence-corrected chi connectivity index (χ1v) is 8.09. The molecule has 1 fully saturated rings. The van der Waals surface area contributed by atoms with Crippen molar-refractivity contribution >= 4 is 22.9 Å². The molecule has 1 aliphatic heterocycles. The second-order valence-electron chi connectivity index (χ2n) is 6.29. The van der Waals surface area contributed by atoms with E-state index in [0.29, 0.717) is 18.4 Å². The molecule has 1 heterocycles. The predicted octanol–water partition coefficient (Wildman–Crippen LogP) is 4.31. The van der Waals surface area contributed by atoms with E-state index < -0.39 is 0 Å². The van der Waals surface area contributed by atoms with E-state index in [0.717, 1.165) is 28.3 Å². The Hall–Kier alpha value is -2.88. The fraction of sp³-hybridized carbons (Fsp3) is 0.200. The lowest BCUT2D eigenvalue weighted by Gasteiger charge is -2.26. The van der Waals surface area contributed by atoms with Gasteiger partial charge < -0.3 is 10.4 Å². The maximum atomic E-state index is 12.8. The fourth-order valence-corrected chi connectivity index (χ4v) is 3.56. The van der Waals surface area contributed by atoms with Crippen molar-refractivity contribution in [3.05, 3.63) is 65.4 Å². The van der Waals surface area contributed by atoms with Crippen molar-refractivity contribution < 1.29 is 9.90 Å². The summed E-state index contributed by atoms with van der Waals surface area (Å²) >= 11 is 0. The predicted molar refractivity (Wildman–Crippen MR) is 94.9 cm³/mol. The fourth-order valence-electron chi connectivity index (χ4n) is 3.56. The van der Waals surface area contributed by atoms with Gasteiger partial charge in [-0.3, -0.25) is 9.79 Å². The van der Waals surface area contributed by atoms with E-state index >= 15 is 0 Å². The number of anilines is 1. The number of benzene rings is 2. The molecule has 0 aromatic heterocycles. The molecule has 1 saturated carbocycles. The molecule has 4 heteroatoms. The number of nitrogens with one attached hydrogen (secondary N) is 1. The van der Waals surface area contributed by atoms with Gasteiger partial charge in [0.05, 0.1) is 22.7 Å². The van der Waals surface area contributed by atoms with Crippen molar-refractivity contribution in [1.82, 2.24) is 0 Å². The summed E-state index contributed by atoms with van der Waals surface area (Å²) < 4.78 is 0. The molecule has 4 nitrogen and oxygen atoms in total. The number of phenolic OH excluding ortho intramolecular Hbond substituents is 1. The summed E-state index contributed by atoms with van der Waals surface area (Å²) in [6.45, 7) is 1.92. The molecule has 4 rings (SSSR count). The molecule has 2 aliphatic rings. The highest BCUT2D eigenvalue weighted by Gasteiger charge is 2.33. The van der Waals surface area contributed by atoms with Gasteiger partial charge >= 0.3 is 0 Å². The number of ketones is 1. The van der Waals surface area contributed by atoms with Crippen molar-refractivity contribution in [3.8, 4) is 5.75 Å². The molecule has 0 saturated heterocycles. The molecule has 0 radical (unpaired) electrons. The zero-order valence-electron chi connectivity index (χ0n) is 13.4. The Morgan fingerprint density at radius 1 is 1.08 bits per heavy atom. The molecule has 2 N–H and O–H groups in total. The van der Waals surface area contributed by atoms with Gasteiger partial charge in [0.1, 0.15) is 5.75 Å². The molecular formula is C20H18N2O2. The maximum absolute atomic E-state index is 12.8. The van der Waals surface area contributed by atoms with Gasteiger partial charge in [-0.1, -0.05) is 30.3 Å². The van der Waals surface area contributed by atoms with Crippen LogP contribution in [0.2, 0.25) is 0 Å². The number of hydrogen-bond acceptors (Lipinski definition) is 4. The topological polar surface area (TPSA) is 61.7 Å². The molecular weight excluding hydrogens is 300 g/mol. The lowest BCUT2D eigenvalue weighted by Crippen LogP contribution is -2.26. The summed E-state index contributed by atoms with van der Waals surface area (Å²) in [6, 6.07) is 15.0. The third-order valence-corrected chi connectivity index (χ3v) is 4.67. The Morgan fingerprint density at radius 3 is 2.67 bits per heavy atom. The molecule has 0 amide bonds. The number of aromatic hydroxyl groups is 1. The number of Topliss-reactive ketones (excluding diaryl/α,β-unsaturated/α-hetero) is 1. The SMILES string of the molecule is CC1=C2C(=O)C[C@@H](c3ccccc3O)CC2=Nc2ccccc2N1. The largest absolute Gasteiger partial charge is 0.508 e. The summed E-state index contributed by atoms with van der Waals surface area (Å²) in [5.41, 5.74) is 4.91. The van der Waals surface area contributed by atoms with Crippen LogP contribution in [0.15, 0.2) is 64.8 Å². The second kappa shape index (κ2) is 5.64. The number of phenols is 1. The average Bonchev–Trinajstić information content (AvgIpc) is 2.70. The Balaban J connectivity index is 1.80. The van der Waals surface area contributed by atoms with Crippen molar-refractivity contribution in [1.29, 1.82) is 0 Å². The van der Waals surface area contributed by atoms with E-state index in [-0.39, 0.29) is 17.5 Å². The number of carbonyl (C=O) groups is 1. The third-order valence-electron chi connectivity index (χ3n) is 4.67. The Kier molecular flexibility index (Phi) is 3.45. The number of nitrogens with zero attached hydrogens (tertiary/aromatic N) is 1. The number of para-hydroxylation sites is 3. The molecule has 2 aromatic rings. The van der Waals surface area contributed by atoms with Crippen LogP contribution in [0.3, 0.4) is 0 Å². The van der Waals surface area contributed by atoms with Crippen LogP contribution >= 0.6 is 0 Å². The van der Waals surface area contributed by atoms with E-state index in [1.165, 1.54) is 0 Å². The monoisotopic (exact) mass is 318 g/mol. The highest BCUT2D eigenvalue weighted by Crippen LogP contribution is 2.40. The molecule has 0 spiro atoms. The van der Waals surface area contributed by atoms with E-state index in [2.05, 4.69) is 5.32 Å². The normalized spacial score (nSPS) is 19.8. The average molecular weight is 318 g/mol. The zero-order chi connectivity index (χ0) is 16.7. The van der Waals surface area contributed by atoms with Crippen LogP contribution in [-0.2, 0) is 4.79 Å². The number of carbonyl (C=O) groups excluding carboxylic acids is 1. The summed E-state index contributed by atoms with van der Waals surface area (Å²) in [5.74, 6) is 0.275. The van der Waals surface area contributed by atoms with Crippen LogP contribution in [0, 0.1) is 0 Å². The summed E-state index contributed by atoms with van der Waals surface area (Å²) in [5, 5.41) is 13.4. The molecule has 0 unspecified atom stereocenters. The number of aliphatic imine (C=N–C) groups is 1. The summed E-state index contributed by atoms with van der Waals surface area (Å²) in [4.78, 5) is 17.5. The Morgan fingerprint density at radius 2 is 1.83 bits per heavy atom. The smallest absolute Gasteiger partial charge is 0.167 e. The van der Waals surface area contributed by atoms with Crippen molar-refractivity contribution in [2.45, 2.75) is 25.7 Å². The van der Waals surface area contributed by atoms with Crippen LogP contribution in [0.4, 0.5) is 11.4 Å². The highest BCUT2D eigenvalue weighted by atomic mass is 16.3. The van der Waals surface area contributed by atoms with Gasteiger partial charge in [0, 0.05) is 18.0 Å². The lowest BCUT2D eigenvalue weighted by atomic mass is 9.78. The standard InChI is InChI=1S/C20H18N2O2/c1-12-20-17(22-16-8-4-3-7-15(16)21-12)10-13(11-19(20)24)14-6-2-5-9-18(14)23/h2-9,13,21,23H,10-11H2,1H3/t13-/m0/s1. The van der Waals surface area contributed by atoms with E-state index in [1.54, 1.807) is 12.1 Å². The van der Waals surface area contributed by atoms with Crippen molar-refractivity contribution in [2.24, 2.45) is 4.99 Å². The molecule has 2 aromatic carbocycles. The first-order valence-electron chi connectivity index (χ1n) is 8.09. The molecule has 0 bridgehead atoms. The lowest BCUT2D eigenvalue weighted by molar-refractivity contribution is -0.115. The van der Waals surface area contributed by atoms with Crippen LogP contribution in [0.25, 0.3) is 0 Å². The van der Waals surface area contributed by atoms with Gasteiger partial charge in [-0.2, -0.15) is 0 Å². The number of fused-ring (bicyclic) bond motifs is 2. The highest BCUT2D eigenvalue weighted by molar-refractivity contribution is 6.26. The van der Waals surface area contributed by atoms with Crippen LogP contribution < -0.4 is 5.32 Å². The minimum absolute atomic E-state index is 0.0423. The van der Waals surface area contributed by atoms with Crippen LogP contribution in [-0.4, -0.2) is 16.6 Å². The van der Waals surface area contributed by atoms with E-state index in [1.807, 2.05) is 43.3 Å². The van der Waals surface area contributed by atoms with Gasteiger partial charge in [0.15, 0.2) is 5.78 Å². The van der Waals surface area contributed by atoms with E-state index in [4.69, 9.17) is 4.99 Å². The third kappa shape index (κ3) is 2.40. The zero-order valence-corrected chi connectivity index (χ0v) is 13.4. The van der Waals surface area contributed by atoms with Gasteiger partial charge in [0.25, 0.3) is 0 Å². The molecule has 1 aliphatic carbocycles. The van der Waals surface area contributed by atoms with E-state index in [9.17, 15) is 9.90 Å². The number of rotatable bonds is 1. The minimum Gasteiger partial charge on any atom is -0.508 e. The molecule has 24 heavy (non-hydrogen) atoms. The second-order valence-corrected chi connectivity index (χ2v) is 6.29. The Bertz CT molecular complexity index is 896. The quantitative estimate of drug-likeness (QED) is 0.823. The Labute approximate surface area is 140 Å².